The number of amides is 1. The summed E-state index contributed by atoms with van der Waals surface area (Å²) in [5.74, 6) is -1.90. The van der Waals surface area contributed by atoms with Gasteiger partial charge < -0.3 is 20.3 Å². The molecule has 10 heteroatoms. The first-order valence-corrected chi connectivity index (χ1v) is 13.9. The van der Waals surface area contributed by atoms with Crippen molar-refractivity contribution in [2.45, 2.75) is 13.1 Å². The van der Waals surface area contributed by atoms with Crippen LogP contribution < -0.4 is 10.6 Å². The first-order chi connectivity index (χ1) is 21.3. The lowest BCUT2D eigenvalue weighted by Crippen LogP contribution is -2.23. The third-order valence-electron chi connectivity index (χ3n) is 7.17. The molecule has 0 aliphatic heterocycles. The minimum absolute atomic E-state index is 0.160. The van der Waals surface area contributed by atoms with Crippen LogP contribution in [0.1, 0.15) is 37.5 Å². The van der Waals surface area contributed by atoms with Crippen molar-refractivity contribution in [2.75, 3.05) is 5.32 Å². The SMILES string of the molecule is N#Cc1cc(F)cc(Nc2ccc(C(=O)NCc3ccc(C(=O)O)cc3)c3c2ccn3Cc2ccc3ccc(Cl)cc3n2)c1. The van der Waals surface area contributed by atoms with Crippen LogP contribution in [0.2, 0.25) is 5.02 Å². The second-order valence-corrected chi connectivity index (χ2v) is 10.6. The van der Waals surface area contributed by atoms with E-state index in [0.29, 0.717) is 39.4 Å². The molecule has 6 rings (SSSR count). The number of carbonyl (C=O) groups is 2. The van der Waals surface area contributed by atoms with Crippen molar-refractivity contribution in [2.24, 2.45) is 0 Å². The van der Waals surface area contributed by atoms with Gasteiger partial charge in [0.1, 0.15) is 5.82 Å². The maximum absolute atomic E-state index is 14.2. The number of nitrogens with one attached hydrogen (secondary N) is 2. The third-order valence-corrected chi connectivity index (χ3v) is 7.41. The van der Waals surface area contributed by atoms with Gasteiger partial charge in [-0.15, -0.1) is 0 Å². The fourth-order valence-corrected chi connectivity index (χ4v) is 5.24. The van der Waals surface area contributed by atoms with Crippen LogP contribution in [0.25, 0.3) is 21.8 Å². The smallest absolute Gasteiger partial charge is 0.335 e. The number of anilines is 2. The van der Waals surface area contributed by atoms with Crippen molar-refractivity contribution in [1.29, 1.82) is 5.26 Å². The molecule has 1 amide bonds. The van der Waals surface area contributed by atoms with Crippen LogP contribution in [0.3, 0.4) is 0 Å². The number of carbonyl (C=O) groups excluding carboxylic acids is 1. The zero-order valence-corrected chi connectivity index (χ0v) is 23.8. The van der Waals surface area contributed by atoms with Gasteiger partial charge in [-0.1, -0.05) is 35.9 Å². The Morgan fingerprint density at radius 2 is 1.77 bits per heavy atom. The van der Waals surface area contributed by atoms with Gasteiger partial charge >= 0.3 is 5.97 Å². The Balaban J connectivity index is 1.37. The predicted molar refractivity (Wildman–Crippen MR) is 167 cm³/mol. The monoisotopic (exact) mass is 603 g/mol. The molecule has 3 N–H and O–H groups in total. The number of carboxylic acid groups (broad SMARTS) is 1. The standard InChI is InChI=1S/C34H23ClFN5O3/c35-24-7-5-22-6-8-26(39-31(22)15-24)19-41-12-11-28-30(40-27-14-21(17-37)13-25(36)16-27)10-9-29(32(28)41)33(42)38-18-20-1-3-23(4-2-20)34(43)44/h1-16,40H,18-19H2,(H,38,42)(H,43,44). The summed E-state index contributed by atoms with van der Waals surface area (Å²) >= 11 is 6.19. The summed E-state index contributed by atoms with van der Waals surface area (Å²) in [5, 5.41) is 26.8. The van der Waals surface area contributed by atoms with Crippen LogP contribution in [-0.2, 0) is 13.1 Å². The summed E-state index contributed by atoms with van der Waals surface area (Å²) in [6, 6.07) is 26.9. The van der Waals surface area contributed by atoms with E-state index in [0.717, 1.165) is 28.2 Å². The van der Waals surface area contributed by atoms with Crippen molar-refractivity contribution in [3.05, 3.63) is 136 Å². The van der Waals surface area contributed by atoms with Gasteiger partial charge in [-0.05, 0) is 72.3 Å². The van der Waals surface area contributed by atoms with Gasteiger partial charge in [-0.25, -0.2) is 9.18 Å². The molecule has 6 aromatic rings. The van der Waals surface area contributed by atoms with Crippen LogP contribution in [0.15, 0.2) is 97.2 Å². The average molecular weight is 604 g/mol. The maximum atomic E-state index is 14.2. The number of aromatic carboxylic acids is 1. The Bertz CT molecular complexity index is 2120. The van der Waals surface area contributed by atoms with Gasteiger partial charge in [0.15, 0.2) is 0 Å². The van der Waals surface area contributed by atoms with Crippen LogP contribution in [0, 0.1) is 17.1 Å². The zero-order valence-electron chi connectivity index (χ0n) is 23.0. The molecule has 4 aromatic carbocycles. The molecular formula is C34H23ClFN5O3. The maximum Gasteiger partial charge on any atom is 0.335 e. The lowest BCUT2D eigenvalue weighted by Gasteiger charge is -2.14. The molecule has 0 fully saturated rings. The topological polar surface area (TPSA) is 120 Å². The number of rotatable bonds is 8. The fraction of sp³-hybridized carbons (Fsp3) is 0.0588. The molecule has 0 spiro atoms. The summed E-state index contributed by atoms with van der Waals surface area (Å²) in [6.45, 7) is 0.541. The molecular weight excluding hydrogens is 581 g/mol. The summed E-state index contributed by atoms with van der Waals surface area (Å²) < 4.78 is 16.1. The molecule has 2 heterocycles. The Morgan fingerprint density at radius 3 is 2.55 bits per heavy atom. The van der Waals surface area contributed by atoms with Gasteiger partial charge in [-0.2, -0.15) is 5.26 Å². The van der Waals surface area contributed by atoms with Crippen LogP contribution >= 0.6 is 11.6 Å². The van der Waals surface area contributed by atoms with Crippen LogP contribution in [-0.4, -0.2) is 26.5 Å². The molecule has 0 bridgehead atoms. The minimum atomic E-state index is -1.02. The number of benzene rings is 4. The van der Waals surface area contributed by atoms with E-state index in [1.54, 1.807) is 36.4 Å². The van der Waals surface area contributed by atoms with Crippen LogP contribution in [0.5, 0.6) is 0 Å². The first kappa shape index (κ1) is 28.4. The number of carboxylic acids is 1. The lowest BCUT2D eigenvalue weighted by molar-refractivity contribution is 0.0696. The van der Waals surface area contributed by atoms with E-state index in [4.69, 9.17) is 21.7 Å². The quantitative estimate of drug-likeness (QED) is 0.168. The summed E-state index contributed by atoms with van der Waals surface area (Å²) in [6.07, 6.45) is 1.85. The highest BCUT2D eigenvalue weighted by atomic mass is 35.5. The molecule has 216 valence electrons. The van der Waals surface area contributed by atoms with E-state index in [1.807, 2.05) is 47.2 Å². The Kier molecular flexibility index (Phi) is 7.67. The van der Waals surface area contributed by atoms with Crippen molar-refractivity contribution < 1.29 is 19.1 Å². The second kappa shape index (κ2) is 11.9. The van der Waals surface area contributed by atoms with E-state index in [9.17, 15) is 19.2 Å². The molecule has 44 heavy (non-hydrogen) atoms. The largest absolute Gasteiger partial charge is 0.478 e. The van der Waals surface area contributed by atoms with E-state index in [-0.39, 0.29) is 23.6 Å². The predicted octanol–water partition coefficient (Wildman–Crippen LogP) is 7.27. The van der Waals surface area contributed by atoms with Gasteiger partial charge in [0.25, 0.3) is 5.91 Å². The van der Waals surface area contributed by atoms with Gasteiger partial charge in [0.05, 0.1) is 46.0 Å². The molecule has 0 saturated heterocycles. The molecule has 0 saturated carbocycles. The van der Waals surface area contributed by atoms with E-state index < -0.39 is 11.8 Å². The molecule has 0 aliphatic carbocycles. The molecule has 0 aliphatic rings. The minimum Gasteiger partial charge on any atom is -0.478 e. The highest BCUT2D eigenvalue weighted by molar-refractivity contribution is 6.31. The van der Waals surface area contributed by atoms with Crippen molar-refractivity contribution in [1.82, 2.24) is 14.9 Å². The van der Waals surface area contributed by atoms with Crippen molar-refractivity contribution in [3.63, 3.8) is 0 Å². The lowest BCUT2D eigenvalue weighted by atomic mass is 10.1. The number of pyridine rings is 1. The van der Waals surface area contributed by atoms with E-state index in [1.165, 1.54) is 18.2 Å². The zero-order chi connectivity index (χ0) is 30.8. The fourth-order valence-electron chi connectivity index (χ4n) is 5.07. The van der Waals surface area contributed by atoms with Crippen molar-refractivity contribution in [3.8, 4) is 6.07 Å². The van der Waals surface area contributed by atoms with Crippen LogP contribution in [0.4, 0.5) is 15.8 Å². The summed E-state index contributed by atoms with van der Waals surface area (Å²) in [7, 11) is 0. The van der Waals surface area contributed by atoms with E-state index in [2.05, 4.69) is 10.6 Å². The average Bonchev–Trinajstić information content (AvgIpc) is 3.43. The molecule has 0 unspecified atom stereocenters. The highest BCUT2D eigenvalue weighted by Gasteiger charge is 2.18. The second-order valence-electron chi connectivity index (χ2n) is 10.2. The Labute approximate surface area is 256 Å². The molecule has 2 aromatic heterocycles. The molecule has 0 radical (unpaired) electrons. The normalized spacial score (nSPS) is 10.9. The van der Waals surface area contributed by atoms with Gasteiger partial charge in [-0.3, -0.25) is 9.78 Å². The first-order valence-electron chi connectivity index (χ1n) is 13.5. The number of nitrogens with zero attached hydrogens (tertiary/aromatic N) is 3. The molecule has 0 atom stereocenters. The number of hydrogen-bond donors (Lipinski definition) is 3. The number of fused-ring (bicyclic) bond motifs is 2. The number of nitriles is 1. The van der Waals surface area contributed by atoms with Gasteiger partial charge in [0.2, 0.25) is 0 Å². The Hall–Kier alpha value is -5.72. The summed E-state index contributed by atoms with van der Waals surface area (Å²) in [5.41, 5.74) is 4.62. The van der Waals surface area contributed by atoms with E-state index >= 15 is 0 Å². The Morgan fingerprint density at radius 1 is 0.977 bits per heavy atom. The van der Waals surface area contributed by atoms with Crippen molar-refractivity contribution >= 4 is 56.7 Å². The number of aromatic nitrogens is 2. The number of hydrogen-bond acceptors (Lipinski definition) is 5. The molecule has 8 nitrogen and oxygen atoms in total. The summed E-state index contributed by atoms with van der Waals surface area (Å²) in [4.78, 5) is 29.5. The third kappa shape index (κ3) is 5.93. The van der Waals surface area contributed by atoms with Gasteiger partial charge in [0, 0.05) is 39.9 Å². The highest BCUT2D eigenvalue weighted by Crippen LogP contribution is 2.32. The number of halogens is 2.